The van der Waals surface area contributed by atoms with Crippen LogP contribution in [0.5, 0.6) is 0 Å². The van der Waals surface area contributed by atoms with Crippen molar-refractivity contribution in [1.29, 1.82) is 0 Å². The first kappa shape index (κ1) is 13.6. The summed E-state index contributed by atoms with van der Waals surface area (Å²) < 4.78 is 2.96. The Bertz CT molecular complexity index is 675. The molecule has 0 amide bonds. The van der Waals surface area contributed by atoms with E-state index < -0.39 is 0 Å². The van der Waals surface area contributed by atoms with Gasteiger partial charge in [-0.05, 0) is 34.3 Å². The van der Waals surface area contributed by atoms with Gasteiger partial charge in [-0.3, -0.25) is 9.48 Å². The van der Waals surface area contributed by atoms with Crippen LogP contribution in [0.25, 0.3) is 0 Å². The molecule has 3 nitrogen and oxygen atoms in total. The summed E-state index contributed by atoms with van der Waals surface area (Å²) >= 11 is 3.63. The number of benzene rings is 1. The van der Waals surface area contributed by atoms with Crippen molar-refractivity contribution in [3.63, 3.8) is 0 Å². The molecule has 20 heavy (non-hydrogen) atoms. The van der Waals surface area contributed by atoms with Crippen LogP contribution in [-0.4, -0.2) is 15.6 Å². The van der Waals surface area contributed by atoms with Crippen LogP contribution < -0.4 is 0 Å². The van der Waals surface area contributed by atoms with E-state index in [2.05, 4.69) is 34.0 Å². The molecule has 104 valence electrons. The number of nitrogens with zero attached hydrogens (tertiary/aromatic N) is 2. The highest BCUT2D eigenvalue weighted by atomic mass is 79.9. The Hall–Kier alpha value is -1.42. The first-order valence-electron chi connectivity index (χ1n) is 6.94. The van der Waals surface area contributed by atoms with Crippen LogP contribution in [0.15, 0.2) is 28.7 Å². The van der Waals surface area contributed by atoms with Crippen LogP contribution in [-0.2, 0) is 26.3 Å². The number of fused-ring (bicyclic) bond motifs is 1. The highest BCUT2D eigenvalue weighted by Gasteiger charge is 2.31. The van der Waals surface area contributed by atoms with Crippen LogP contribution in [0, 0.1) is 5.92 Å². The lowest BCUT2D eigenvalue weighted by atomic mass is 9.98. The maximum atomic E-state index is 12.5. The van der Waals surface area contributed by atoms with Crippen LogP contribution >= 0.6 is 15.9 Å². The van der Waals surface area contributed by atoms with Gasteiger partial charge in [-0.25, -0.2) is 0 Å². The topological polar surface area (TPSA) is 34.9 Å². The van der Waals surface area contributed by atoms with Crippen LogP contribution in [0.1, 0.15) is 34.2 Å². The molecule has 2 aromatic rings. The average molecular weight is 333 g/mol. The molecule has 0 radical (unpaired) electrons. The van der Waals surface area contributed by atoms with Crippen molar-refractivity contribution in [3.05, 3.63) is 51.3 Å². The average Bonchev–Trinajstić information content (AvgIpc) is 2.91. The molecular formula is C16H17BrN2O. The number of aromatic nitrogens is 2. The van der Waals surface area contributed by atoms with Gasteiger partial charge >= 0.3 is 0 Å². The Labute approximate surface area is 127 Å². The van der Waals surface area contributed by atoms with Gasteiger partial charge in [-0.15, -0.1) is 0 Å². The first-order chi connectivity index (χ1) is 9.61. The van der Waals surface area contributed by atoms with Gasteiger partial charge in [0.05, 0.1) is 15.9 Å². The normalized spacial score (nSPS) is 17.6. The fourth-order valence-electron chi connectivity index (χ4n) is 2.96. The lowest BCUT2D eigenvalue weighted by Gasteiger charge is -2.08. The zero-order valence-electron chi connectivity index (χ0n) is 11.7. The largest absolute Gasteiger partial charge is 0.294 e. The van der Waals surface area contributed by atoms with E-state index in [1.165, 1.54) is 5.56 Å². The second kappa shape index (κ2) is 5.17. The minimum absolute atomic E-state index is 0.0452. The molecule has 0 saturated heterocycles. The van der Waals surface area contributed by atoms with Crippen LogP contribution in [0.4, 0.5) is 0 Å². The van der Waals surface area contributed by atoms with Crippen molar-refractivity contribution >= 4 is 21.7 Å². The van der Waals surface area contributed by atoms with Crippen molar-refractivity contribution in [1.82, 2.24) is 9.78 Å². The summed E-state index contributed by atoms with van der Waals surface area (Å²) in [6.07, 6.45) is 2.49. The zero-order chi connectivity index (χ0) is 14.3. The quantitative estimate of drug-likeness (QED) is 0.863. The van der Waals surface area contributed by atoms with Crippen molar-refractivity contribution in [2.24, 2.45) is 13.0 Å². The number of carbonyl (C=O) groups excluding carboxylic acids is 1. The summed E-state index contributed by atoms with van der Waals surface area (Å²) in [6.45, 7) is 2.09. The predicted octanol–water partition coefficient (Wildman–Crippen LogP) is 3.34. The van der Waals surface area contributed by atoms with E-state index >= 15 is 0 Å². The number of aryl methyl sites for hydroxylation is 2. The lowest BCUT2D eigenvalue weighted by Crippen LogP contribution is -2.14. The number of hydrogen-bond donors (Lipinski definition) is 0. The number of rotatable bonds is 3. The molecule has 1 unspecified atom stereocenters. The zero-order valence-corrected chi connectivity index (χ0v) is 13.3. The molecule has 1 atom stereocenters. The third-order valence-corrected chi connectivity index (χ3v) is 4.98. The molecule has 0 spiro atoms. The molecule has 0 saturated carbocycles. The Balaban J connectivity index is 1.88. The molecule has 3 rings (SSSR count). The van der Waals surface area contributed by atoms with Gasteiger partial charge in [0.25, 0.3) is 0 Å². The standard InChI is InChI=1S/C16H17BrN2O/c1-3-13-15(17)14(19(2)18-13)9-11-8-10-6-4-5-7-12(10)16(11)20/h4-7,11H,3,8-9H2,1-2H3. The van der Waals surface area contributed by atoms with Gasteiger partial charge in [0, 0.05) is 24.9 Å². The summed E-state index contributed by atoms with van der Waals surface area (Å²) in [4.78, 5) is 12.5. The Morgan fingerprint density at radius 1 is 1.40 bits per heavy atom. The summed E-state index contributed by atoms with van der Waals surface area (Å²) in [5.41, 5.74) is 4.25. The molecule has 1 heterocycles. The number of Topliss-reactive ketones (excluding diaryl/α,β-unsaturated/α-hetero) is 1. The minimum atomic E-state index is 0.0452. The summed E-state index contributed by atoms with van der Waals surface area (Å²) in [7, 11) is 1.95. The monoisotopic (exact) mass is 332 g/mol. The second-order valence-corrected chi connectivity index (χ2v) is 6.10. The Kier molecular flexibility index (Phi) is 3.50. The highest BCUT2D eigenvalue weighted by Crippen LogP contribution is 2.31. The van der Waals surface area contributed by atoms with Crippen molar-refractivity contribution in [2.75, 3.05) is 0 Å². The van der Waals surface area contributed by atoms with Gasteiger partial charge in [-0.1, -0.05) is 31.2 Å². The van der Waals surface area contributed by atoms with E-state index in [-0.39, 0.29) is 11.7 Å². The summed E-state index contributed by atoms with van der Waals surface area (Å²) in [5, 5.41) is 4.50. The van der Waals surface area contributed by atoms with Gasteiger partial charge in [0.15, 0.2) is 5.78 Å². The van der Waals surface area contributed by atoms with Crippen LogP contribution in [0.2, 0.25) is 0 Å². The lowest BCUT2D eigenvalue weighted by molar-refractivity contribution is 0.0935. The number of carbonyl (C=O) groups is 1. The molecule has 0 fully saturated rings. The van der Waals surface area contributed by atoms with Gasteiger partial charge in [0.1, 0.15) is 0 Å². The van der Waals surface area contributed by atoms with E-state index in [0.717, 1.165) is 40.7 Å². The maximum absolute atomic E-state index is 12.5. The van der Waals surface area contributed by atoms with Crippen molar-refractivity contribution < 1.29 is 4.79 Å². The van der Waals surface area contributed by atoms with Crippen LogP contribution in [0.3, 0.4) is 0 Å². The van der Waals surface area contributed by atoms with E-state index in [1.54, 1.807) is 0 Å². The van der Waals surface area contributed by atoms with Crippen molar-refractivity contribution in [2.45, 2.75) is 26.2 Å². The molecule has 0 aliphatic heterocycles. The smallest absolute Gasteiger partial charge is 0.166 e. The molecule has 1 aromatic carbocycles. The van der Waals surface area contributed by atoms with Gasteiger partial charge in [0.2, 0.25) is 0 Å². The van der Waals surface area contributed by atoms with E-state index in [9.17, 15) is 4.79 Å². The fraction of sp³-hybridized carbons (Fsp3) is 0.375. The first-order valence-corrected chi connectivity index (χ1v) is 7.73. The summed E-state index contributed by atoms with van der Waals surface area (Å²) in [6, 6.07) is 7.94. The van der Waals surface area contributed by atoms with E-state index in [0.29, 0.717) is 0 Å². The van der Waals surface area contributed by atoms with Gasteiger partial charge < -0.3 is 0 Å². The molecule has 1 aliphatic carbocycles. The molecular weight excluding hydrogens is 316 g/mol. The number of halogens is 1. The van der Waals surface area contributed by atoms with E-state index in [1.807, 2.05) is 29.9 Å². The molecule has 1 aliphatic rings. The van der Waals surface area contributed by atoms with Gasteiger partial charge in [-0.2, -0.15) is 5.10 Å². The third-order valence-electron chi connectivity index (χ3n) is 4.06. The van der Waals surface area contributed by atoms with Crippen molar-refractivity contribution in [3.8, 4) is 0 Å². The Morgan fingerprint density at radius 3 is 2.80 bits per heavy atom. The number of hydrogen-bond acceptors (Lipinski definition) is 2. The predicted molar refractivity (Wildman–Crippen MR) is 82.0 cm³/mol. The molecule has 1 aromatic heterocycles. The third kappa shape index (κ3) is 2.12. The molecule has 0 bridgehead atoms. The molecule has 0 N–H and O–H groups in total. The SMILES string of the molecule is CCc1nn(C)c(CC2Cc3ccccc3C2=O)c1Br. The second-order valence-electron chi connectivity index (χ2n) is 5.31. The highest BCUT2D eigenvalue weighted by molar-refractivity contribution is 9.10. The maximum Gasteiger partial charge on any atom is 0.166 e. The minimum Gasteiger partial charge on any atom is -0.294 e. The fourth-order valence-corrected chi connectivity index (χ4v) is 3.73. The Morgan fingerprint density at radius 2 is 2.15 bits per heavy atom. The molecule has 4 heteroatoms. The number of ketones is 1. The van der Waals surface area contributed by atoms with E-state index in [4.69, 9.17) is 0 Å². The summed E-state index contributed by atoms with van der Waals surface area (Å²) in [5.74, 6) is 0.315.